The molecule has 0 spiro atoms. The number of hydrogen-bond donors (Lipinski definition) is 4. The van der Waals surface area contributed by atoms with Crippen molar-refractivity contribution in [1.29, 1.82) is 0 Å². The lowest BCUT2D eigenvalue weighted by Crippen LogP contribution is -2.46. The van der Waals surface area contributed by atoms with Crippen LogP contribution >= 0.6 is 0 Å². The zero-order valence-corrected chi connectivity index (χ0v) is 43.2. The van der Waals surface area contributed by atoms with Crippen LogP contribution in [0.1, 0.15) is 130 Å². The number of likely N-dealkylation sites (tertiary alicyclic amines) is 2. The first kappa shape index (κ1) is 56.9. The van der Waals surface area contributed by atoms with Crippen molar-refractivity contribution in [3.63, 3.8) is 0 Å². The predicted molar refractivity (Wildman–Crippen MR) is 267 cm³/mol. The van der Waals surface area contributed by atoms with Gasteiger partial charge in [-0.1, -0.05) is 12.1 Å². The highest BCUT2D eigenvalue weighted by Crippen LogP contribution is 2.52. The fraction of sp³-hybridized carbons (Fsp3) is 0.593. The summed E-state index contributed by atoms with van der Waals surface area (Å²) in [5, 5.41) is 8.46. The van der Waals surface area contributed by atoms with Gasteiger partial charge in [0, 0.05) is 107 Å². The van der Waals surface area contributed by atoms with Crippen LogP contribution in [0.5, 0.6) is 5.75 Å². The first-order chi connectivity index (χ1) is 36.8. The summed E-state index contributed by atoms with van der Waals surface area (Å²) < 4.78 is 97.4. The number of pyridine rings is 2. The van der Waals surface area contributed by atoms with Crippen LogP contribution in [0.2, 0.25) is 0 Å². The van der Waals surface area contributed by atoms with E-state index in [0.29, 0.717) is 58.3 Å². The molecule has 2 saturated carbocycles. The van der Waals surface area contributed by atoms with Crippen LogP contribution in [0.25, 0.3) is 0 Å². The number of piperidine rings is 1. The zero-order chi connectivity index (χ0) is 55.0. The molecule has 23 heteroatoms. The van der Waals surface area contributed by atoms with Gasteiger partial charge in [0.2, 0.25) is 29.4 Å². The molecule has 3 saturated heterocycles. The second-order valence-corrected chi connectivity index (χ2v) is 21.0. The number of nitrogens with zero attached hydrogens (tertiary/aromatic N) is 4. The van der Waals surface area contributed by atoms with Crippen LogP contribution in [0.15, 0.2) is 55.0 Å². The molecule has 0 bridgehead atoms. The van der Waals surface area contributed by atoms with E-state index in [1.807, 2.05) is 6.07 Å². The molecule has 5 atom stereocenters. The van der Waals surface area contributed by atoms with E-state index in [1.165, 1.54) is 12.3 Å². The van der Waals surface area contributed by atoms with E-state index in [2.05, 4.69) is 25.9 Å². The Bertz CT molecular complexity index is 2590. The highest BCUT2D eigenvalue weighted by atomic mass is 19.4. The lowest BCUT2D eigenvalue weighted by molar-refractivity contribution is -0.261. The number of anilines is 1. The molecule has 5 aliphatic rings. The molecule has 3 aliphatic heterocycles. The minimum atomic E-state index is -4.96. The van der Waals surface area contributed by atoms with Gasteiger partial charge in [-0.25, -0.2) is 4.39 Å². The lowest BCUT2D eigenvalue weighted by atomic mass is 9.84. The van der Waals surface area contributed by atoms with E-state index in [-0.39, 0.29) is 103 Å². The molecule has 6 amide bonds. The molecule has 0 unspecified atom stereocenters. The topological polar surface area (TPSA) is 234 Å². The van der Waals surface area contributed by atoms with E-state index in [1.54, 1.807) is 35.3 Å². The summed E-state index contributed by atoms with van der Waals surface area (Å²) in [5.41, 5.74) is 2.81. The van der Waals surface area contributed by atoms with E-state index < -0.39 is 71.4 Å². The molecule has 18 nitrogen and oxygen atoms in total. The number of aromatic nitrogens is 2. The summed E-state index contributed by atoms with van der Waals surface area (Å²) in [6.07, 6.45) is 3.34. The quantitative estimate of drug-likeness (QED) is 0.0778. The molecule has 5 heterocycles. The van der Waals surface area contributed by atoms with Gasteiger partial charge < -0.3 is 50.4 Å². The summed E-state index contributed by atoms with van der Waals surface area (Å²) in [5.74, 6) is -8.00. The molecule has 2 aliphatic carbocycles. The van der Waals surface area contributed by atoms with Crippen molar-refractivity contribution in [2.45, 2.75) is 151 Å². The van der Waals surface area contributed by atoms with Crippen LogP contribution in [0, 0.1) is 23.5 Å². The summed E-state index contributed by atoms with van der Waals surface area (Å²) in [6, 6.07) is 7.47. The Morgan fingerprint density at radius 1 is 0.883 bits per heavy atom. The van der Waals surface area contributed by atoms with Crippen molar-refractivity contribution in [3.8, 4) is 5.75 Å². The largest absolute Gasteiger partial charge is 0.487 e. The van der Waals surface area contributed by atoms with Crippen LogP contribution in [-0.2, 0) is 38.2 Å². The number of rotatable bonds is 19. The summed E-state index contributed by atoms with van der Waals surface area (Å²) in [6.45, 7) is 2.37. The minimum Gasteiger partial charge on any atom is -0.487 e. The molecular weight excluding hydrogens is 1020 g/mol. The summed E-state index contributed by atoms with van der Waals surface area (Å²) >= 11 is 0. The Hall–Kier alpha value is -6.33. The molecule has 8 rings (SSSR count). The number of ether oxygens (including phenoxy) is 4. The standard InChI is InChI=1S/C54H67F5N8O10/c1-53(54(57,58)59)29-40(48(77-53)51(72)65-34-17-21-62-42(27-34)49(60)70)38-15-16-41(55)45(56)47(38)76-37-18-23-67(24-19-37)52(73)31-7-9-33(10-8-31)64-43(68)6-4-25-74-35-11-13-36(14-12-35)75-26-22-63-50(71)39-28-44(69)66(2)46(39)32-5-3-20-61-30-32/h3,5,15-17,20-21,27,30-31,33,35-37,39-40,46,48H,4,6-14,18-19,22-26,28-29H2,1-2H3,(H2,60,70)(H,63,71)(H,64,68)(H,62,65,72)/t31?,33?,35?,36?,39-,40+,46+,48-,53-/m1/s1. The average molecular weight is 1080 g/mol. The maximum atomic E-state index is 15.7. The Morgan fingerprint density at radius 2 is 1.58 bits per heavy atom. The fourth-order valence-corrected chi connectivity index (χ4v) is 11.3. The predicted octanol–water partition coefficient (Wildman–Crippen LogP) is 6.19. The maximum absolute atomic E-state index is 15.7. The normalized spacial score (nSPS) is 27.0. The zero-order valence-electron chi connectivity index (χ0n) is 43.2. The van der Waals surface area contributed by atoms with Crippen molar-refractivity contribution >= 4 is 41.1 Å². The number of primary amides is 1. The Kier molecular flexibility index (Phi) is 18.5. The number of halogens is 5. The van der Waals surface area contributed by atoms with Gasteiger partial charge in [0.05, 0.1) is 30.8 Å². The first-order valence-electron chi connectivity index (χ1n) is 26.5. The number of nitrogens with two attached hydrogens (primary N) is 1. The van der Waals surface area contributed by atoms with Gasteiger partial charge in [0.15, 0.2) is 17.2 Å². The third-order valence-corrected chi connectivity index (χ3v) is 15.7. The molecule has 77 heavy (non-hydrogen) atoms. The number of benzene rings is 1. The number of alkyl halides is 3. The number of nitrogens with one attached hydrogen (secondary N) is 3. The van der Waals surface area contributed by atoms with E-state index >= 15 is 4.39 Å². The smallest absolute Gasteiger partial charge is 0.417 e. The molecule has 5 fully saturated rings. The summed E-state index contributed by atoms with van der Waals surface area (Å²) in [4.78, 5) is 88.6. The lowest BCUT2D eigenvalue weighted by Gasteiger charge is -2.36. The van der Waals surface area contributed by atoms with Gasteiger partial charge in [0.1, 0.15) is 17.9 Å². The SMILES string of the molecule is CN1C(=O)C[C@@H](C(=O)NCCOC2CCC(OCCCC(=O)NC3CCC(C(=O)N4CCC(Oc5c([C@@H]6C[C@](C)(C(F)(F)F)O[C@H]6C(=O)Nc6ccnc(C(N)=O)c6)ccc(F)c5F)CC4)CC3)CC2)[C@@H]1c1cccnc1. The summed E-state index contributed by atoms with van der Waals surface area (Å²) in [7, 11) is 1.71. The molecular formula is C54H67F5N8O10. The van der Waals surface area contributed by atoms with Crippen LogP contribution < -0.4 is 26.4 Å². The Morgan fingerprint density at radius 3 is 2.25 bits per heavy atom. The van der Waals surface area contributed by atoms with E-state index in [4.69, 9.17) is 24.7 Å². The van der Waals surface area contributed by atoms with Gasteiger partial charge in [-0.05, 0) is 101 Å². The van der Waals surface area contributed by atoms with E-state index in [9.17, 15) is 46.3 Å². The molecule has 418 valence electrons. The molecule has 2 aromatic heterocycles. The first-order valence-corrected chi connectivity index (χ1v) is 26.5. The molecule has 3 aromatic rings. The van der Waals surface area contributed by atoms with Gasteiger partial charge >= 0.3 is 6.18 Å². The van der Waals surface area contributed by atoms with Crippen molar-refractivity contribution in [1.82, 2.24) is 30.4 Å². The van der Waals surface area contributed by atoms with Crippen LogP contribution in [0.3, 0.4) is 0 Å². The van der Waals surface area contributed by atoms with Crippen molar-refractivity contribution in [2.75, 3.05) is 45.2 Å². The monoisotopic (exact) mass is 1080 g/mol. The second kappa shape index (κ2) is 25.0. The van der Waals surface area contributed by atoms with Crippen LogP contribution in [0.4, 0.5) is 27.6 Å². The number of carbonyl (C=O) groups excluding carboxylic acids is 6. The van der Waals surface area contributed by atoms with Gasteiger partial charge in [-0.3, -0.25) is 38.7 Å². The van der Waals surface area contributed by atoms with Gasteiger partial charge in [-0.15, -0.1) is 0 Å². The van der Waals surface area contributed by atoms with Crippen molar-refractivity contribution in [2.24, 2.45) is 17.6 Å². The highest BCUT2D eigenvalue weighted by Gasteiger charge is 2.61. The van der Waals surface area contributed by atoms with Crippen molar-refractivity contribution in [3.05, 3.63) is 83.4 Å². The Balaban J connectivity index is 0.717. The fourth-order valence-electron chi connectivity index (χ4n) is 11.3. The third kappa shape index (κ3) is 13.9. The second-order valence-electron chi connectivity index (χ2n) is 21.0. The maximum Gasteiger partial charge on any atom is 0.417 e. The average Bonchev–Trinajstić information content (AvgIpc) is 3.96. The van der Waals surface area contributed by atoms with Crippen molar-refractivity contribution < 1.29 is 69.7 Å². The molecule has 5 N–H and O–H groups in total. The number of carbonyl (C=O) groups is 6. The van der Waals surface area contributed by atoms with E-state index in [0.717, 1.165) is 56.4 Å². The van der Waals surface area contributed by atoms with Crippen LogP contribution in [-0.4, -0.2) is 137 Å². The third-order valence-electron chi connectivity index (χ3n) is 15.7. The minimum absolute atomic E-state index is 0.0125. The highest BCUT2D eigenvalue weighted by molar-refractivity contribution is 5.97. The van der Waals surface area contributed by atoms with Gasteiger partial charge in [-0.2, -0.15) is 17.6 Å². The number of amides is 6. The van der Waals surface area contributed by atoms with Gasteiger partial charge in [0.25, 0.3) is 11.8 Å². The molecule has 1 aromatic carbocycles. The molecule has 0 radical (unpaired) electrons. The number of hydrogen-bond acceptors (Lipinski definition) is 12. The Labute approximate surface area is 443 Å².